The minimum Gasteiger partial charge on any atom is -0.409 e. The van der Waals surface area contributed by atoms with Crippen LogP contribution in [0.1, 0.15) is 55.3 Å². The summed E-state index contributed by atoms with van der Waals surface area (Å²) in [5, 5.41) is 2.95. The highest BCUT2D eigenvalue weighted by Gasteiger charge is 2.32. The van der Waals surface area contributed by atoms with Gasteiger partial charge in [-0.1, -0.05) is 61.7 Å². The van der Waals surface area contributed by atoms with E-state index in [1.165, 1.54) is 0 Å². The largest absolute Gasteiger partial charge is 0.413 e. The summed E-state index contributed by atoms with van der Waals surface area (Å²) in [6.07, 6.45) is 4.18. The number of benzene rings is 2. The van der Waals surface area contributed by atoms with Crippen LogP contribution >= 0.6 is 0 Å². The van der Waals surface area contributed by atoms with Crippen molar-refractivity contribution in [2.24, 2.45) is 11.8 Å². The minimum atomic E-state index is -0.447. The van der Waals surface area contributed by atoms with Gasteiger partial charge < -0.3 is 10.1 Å². The molecule has 2 aliphatic carbocycles. The number of nitrogens with one attached hydrogen (secondary N) is 1. The molecule has 3 nitrogen and oxygen atoms in total. The molecule has 0 aromatic heterocycles. The molecule has 2 aliphatic rings. The lowest BCUT2D eigenvalue weighted by Crippen LogP contribution is -2.30. The predicted molar refractivity (Wildman–Crippen MR) is 114 cm³/mol. The van der Waals surface area contributed by atoms with E-state index in [2.05, 4.69) is 18.5 Å². The second kappa shape index (κ2) is 7.67. The third kappa shape index (κ3) is 4.04. The Morgan fingerprint density at radius 2 is 1.46 bits per heavy atom. The molecular weight excluding hydrogens is 346 g/mol. The van der Waals surface area contributed by atoms with Crippen molar-refractivity contribution in [2.45, 2.75) is 38.6 Å². The van der Waals surface area contributed by atoms with Gasteiger partial charge in [0.15, 0.2) is 0 Å². The van der Waals surface area contributed by atoms with Crippen LogP contribution in [0.4, 0.5) is 4.79 Å². The van der Waals surface area contributed by atoms with Gasteiger partial charge in [-0.3, -0.25) is 0 Å². The molecule has 2 aromatic rings. The van der Waals surface area contributed by atoms with Crippen LogP contribution in [0.5, 0.6) is 5.75 Å². The van der Waals surface area contributed by atoms with Gasteiger partial charge in [-0.05, 0) is 61.2 Å². The van der Waals surface area contributed by atoms with Crippen molar-refractivity contribution in [1.29, 1.82) is 0 Å². The lowest BCUT2D eigenvalue weighted by molar-refractivity contribution is 0.196. The van der Waals surface area contributed by atoms with Gasteiger partial charge in [0, 0.05) is 11.1 Å². The first-order valence-electron chi connectivity index (χ1n) is 10.1. The van der Waals surface area contributed by atoms with Crippen molar-refractivity contribution in [3.63, 3.8) is 0 Å². The number of amides is 1. The molecule has 0 heterocycles. The van der Waals surface area contributed by atoms with Crippen molar-refractivity contribution >= 4 is 17.2 Å². The molecule has 0 bridgehead atoms. The van der Waals surface area contributed by atoms with Gasteiger partial charge in [0.2, 0.25) is 0 Å². The SMILES string of the molecule is C=C(c1cccc(C(=C)C2CC2)c1OC(=O)N[C@H](C)c1ccccc1)C1CC1. The van der Waals surface area contributed by atoms with Gasteiger partial charge in [-0.2, -0.15) is 0 Å². The average molecular weight is 373 g/mol. The molecule has 4 rings (SSSR count). The van der Waals surface area contributed by atoms with Crippen LogP contribution in [0, 0.1) is 11.8 Å². The zero-order valence-electron chi connectivity index (χ0n) is 16.4. The Kier molecular flexibility index (Phi) is 5.08. The first-order chi connectivity index (χ1) is 13.5. The molecule has 2 saturated carbocycles. The maximum absolute atomic E-state index is 12.7. The molecule has 0 unspecified atom stereocenters. The van der Waals surface area contributed by atoms with E-state index in [1.807, 2.05) is 55.5 Å². The fraction of sp³-hybridized carbons (Fsp3) is 0.320. The molecule has 3 heteroatoms. The summed E-state index contributed by atoms with van der Waals surface area (Å²) in [4.78, 5) is 12.7. The molecular formula is C25H27NO2. The van der Waals surface area contributed by atoms with Gasteiger partial charge >= 0.3 is 6.09 Å². The molecule has 0 aliphatic heterocycles. The van der Waals surface area contributed by atoms with Crippen LogP contribution < -0.4 is 10.1 Å². The Hall–Kier alpha value is -2.81. The van der Waals surface area contributed by atoms with Gasteiger partial charge in [0.05, 0.1) is 6.04 Å². The summed E-state index contributed by atoms with van der Waals surface area (Å²) >= 11 is 0. The van der Waals surface area contributed by atoms with Gasteiger partial charge in [0.1, 0.15) is 5.75 Å². The van der Waals surface area contributed by atoms with E-state index in [4.69, 9.17) is 4.74 Å². The highest BCUT2D eigenvalue weighted by atomic mass is 16.6. The monoisotopic (exact) mass is 373 g/mol. The maximum atomic E-state index is 12.7. The van der Waals surface area contributed by atoms with Gasteiger partial charge in [-0.15, -0.1) is 0 Å². The van der Waals surface area contributed by atoms with Gasteiger partial charge in [0.25, 0.3) is 0 Å². The molecule has 0 radical (unpaired) electrons. The van der Waals surface area contributed by atoms with Crippen molar-refractivity contribution in [3.05, 3.63) is 78.4 Å². The number of hydrogen-bond donors (Lipinski definition) is 1. The number of hydrogen-bond acceptors (Lipinski definition) is 2. The number of carbonyl (C=O) groups is 1. The van der Waals surface area contributed by atoms with Crippen molar-refractivity contribution in [3.8, 4) is 5.75 Å². The van der Waals surface area contributed by atoms with Gasteiger partial charge in [-0.25, -0.2) is 4.79 Å². The van der Waals surface area contributed by atoms with E-state index in [0.717, 1.165) is 53.5 Å². The zero-order valence-corrected chi connectivity index (χ0v) is 16.4. The van der Waals surface area contributed by atoms with Crippen LogP contribution in [0.25, 0.3) is 11.1 Å². The molecule has 1 amide bonds. The second-order valence-electron chi connectivity index (χ2n) is 7.95. The number of ether oxygens (including phenoxy) is 1. The lowest BCUT2D eigenvalue weighted by atomic mass is 9.94. The fourth-order valence-electron chi connectivity index (χ4n) is 3.58. The summed E-state index contributed by atoms with van der Waals surface area (Å²) in [6, 6.07) is 15.8. The zero-order chi connectivity index (χ0) is 19.7. The molecule has 28 heavy (non-hydrogen) atoms. The second-order valence-corrected chi connectivity index (χ2v) is 7.95. The summed E-state index contributed by atoms with van der Waals surface area (Å²) in [5.41, 5.74) is 5.03. The van der Waals surface area contributed by atoms with Crippen LogP contribution in [-0.4, -0.2) is 6.09 Å². The van der Waals surface area contributed by atoms with E-state index in [9.17, 15) is 4.79 Å². The maximum Gasteiger partial charge on any atom is 0.413 e. The smallest absolute Gasteiger partial charge is 0.409 e. The highest BCUT2D eigenvalue weighted by Crippen LogP contribution is 2.48. The molecule has 1 N–H and O–H groups in total. The van der Waals surface area contributed by atoms with Crippen LogP contribution in [0.3, 0.4) is 0 Å². The normalized spacial score (nSPS) is 16.9. The minimum absolute atomic E-state index is 0.137. The average Bonchev–Trinajstić information content (AvgIpc) is 3.59. The summed E-state index contributed by atoms with van der Waals surface area (Å²) in [6.45, 7) is 10.5. The Morgan fingerprint density at radius 1 is 0.929 bits per heavy atom. The molecule has 1 atom stereocenters. The van der Waals surface area contributed by atoms with Crippen LogP contribution in [-0.2, 0) is 0 Å². The summed E-state index contributed by atoms with van der Waals surface area (Å²) in [7, 11) is 0. The molecule has 144 valence electrons. The number of para-hydroxylation sites is 1. The van der Waals surface area contributed by atoms with E-state index in [0.29, 0.717) is 17.6 Å². The Bertz CT molecular complexity index is 865. The summed E-state index contributed by atoms with van der Waals surface area (Å²) in [5.74, 6) is 1.60. The molecule has 0 saturated heterocycles. The first kappa shape index (κ1) is 18.5. The molecule has 2 fully saturated rings. The van der Waals surface area contributed by atoms with Crippen molar-refractivity contribution in [2.75, 3.05) is 0 Å². The number of allylic oxidation sites excluding steroid dienone is 2. The number of rotatable bonds is 7. The van der Waals surface area contributed by atoms with E-state index < -0.39 is 6.09 Å². The van der Waals surface area contributed by atoms with E-state index >= 15 is 0 Å². The fourth-order valence-corrected chi connectivity index (χ4v) is 3.58. The highest BCUT2D eigenvalue weighted by molar-refractivity contribution is 5.84. The third-order valence-electron chi connectivity index (χ3n) is 5.68. The van der Waals surface area contributed by atoms with Crippen LogP contribution in [0.15, 0.2) is 61.7 Å². The van der Waals surface area contributed by atoms with Crippen molar-refractivity contribution in [1.82, 2.24) is 5.32 Å². The van der Waals surface area contributed by atoms with Crippen LogP contribution in [0.2, 0.25) is 0 Å². The third-order valence-corrected chi connectivity index (χ3v) is 5.68. The van der Waals surface area contributed by atoms with E-state index in [1.54, 1.807) is 0 Å². The summed E-state index contributed by atoms with van der Waals surface area (Å²) < 4.78 is 5.90. The van der Waals surface area contributed by atoms with Crippen molar-refractivity contribution < 1.29 is 9.53 Å². The first-order valence-corrected chi connectivity index (χ1v) is 10.1. The topological polar surface area (TPSA) is 38.3 Å². The standard InChI is InChI=1S/C25H27NO2/c1-16(19-12-13-19)22-10-7-11-23(17(2)20-14-15-20)24(22)28-25(27)26-18(3)21-8-5-4-6-9-21/h4-11,18-20H,1-2,12-15H2,3H3,(H,26,27)/t18-/m1/s1. The quantitative estimate of drug-likeness (QED) is 0.611. The molecule has 2 aromatic carbocycles. The molecule has 0 spiro atoms. The predicted octanol–water partition coefficient (Wildman–Crippen LogP) is 6.38. The number of carbonyl (C=O) groups excluding carboxylic acids is 1. The Labute approximate surface area is 167 Å². The Balaban J connectivity index is 1.58. The lowest BCUT2D eigenvalue weighted by Gasteiger charge is -2.19. The van der Waals surface area contributed by atoms with E-state index in [-0.39, 0.29) is 6.04 Å². The Morgan fingerprint density at radius 3 is 1.96 bits per heavy atom.